The number of hydrogen-bond donors (Lipinski definition) is 4. The van der Waals surface area contributed by atoms with Crippen molar-refractivity contribution >= 4 is 23.5 Å². The summed E-state index contributed by atoms with van der Waals surface area (Å²) in [4.78, 5) is 45.3. The molecule has 8 unspecified atom stereocenters. The molecule has 2 saturated carbocycles. The van der Waals surface area contributed by atoms with Crippen LogP contribution in [0.3, 0.4) is 0 Å². The molecule has 0 bridgehead atoms. The van der Waals surface area contributed by atoms with Gasteiger partial charge < -0.3 is 31.6 Å². The van der Waals surface area contributed by atoms with E-state index in [1.807, 2.05) is 13.0 Å². The van der Waals surface area contributed by atoms with Crippen LogP contribution >= 0.6 is 0 Å². The highest BCUT2D eigenvalue weighted by molar-refractivity contribution is 6.23. The van der Waals surface area contributed by atoms with Gasteiger partial charge in [-0.05, 0) is 69.7 Å². The maximum atomic E-state index is 14.0. The summed E-state index contributed by atoms with van der Waals surface area (Å²) >= 11 is 0. The Labute approximate surface area is 232 Å². The average molecular weight is 546 g/mol. The van der Waals surface area contributed by atoms with Gasteiger partial charge in [0.25, 0.3) is 5.60 Å². The molecule has 0 radical (unpaired) electrons. The fourth-order valence-corrected chi connectivity index (χ4v) is 7.51. The Morgan fingerprint density at radius 3 is 2.67 bits per heavy atom. The van der Waals surface area contributed by atoms with Crippen molar-refractivity contribution < 1.29 is 23.9 Å². The lowest BCUT2D eigenvalue weighted by atomic mass is 9.57. The first-order chi connectivity index (χ1) is 18.5. The Kier molecular flexibility index (Phi) is 8.88. The molecule has 0 spiro atoms. The first-order valence-electron chi connectivity index (χ1n) is 14.5. The molecule has 10 heteroatoms. The minimum absolute atomic E-state index is 0.00397. The van der Waals surface area contributed by atoms with E-state index in [9.17, 15) is 14.4 Å². The van der Waals surface area contributed by atoms with E-state index >= 15 is 0 Å². The topological polar surface area (TPSA) is 161 Å². The molecule has 8 atom stereocenters. The number of nitrogens with one attached hydrogen (secondary N) is 2. The van der Waals surface area contributed by atoms with E-state index in [-0.39, 0.29) is 42.0 Å². The van der Waals surface area contributed by atoms with Crippen molar-refractivity contribution in [2.24, 2.45) is 46.0 Å². The molecule has 10 nitrogen and oxygen atoms in total. The fourth-order valence-electron chi connectivity index (χ4n) is 7.51. The number of ketones is 2. The van der Waals surface area contributed by atoms with E-state index in [4.69, 9.17) is 20.9 Å². The van der Waals surface area contributed by atoms with Crippen LogP contribution in [-0.4, -0.2) is 67.6 Å². The van der Waals surface area contributed by atoms with Gasteiger partial charge >= 0.3 is 5.97 Å². The minimum Gasteiger partial charge on any atom is -0.466 e. The van der Waals surface area contributed by atoms with E-state index in [1.165, 1.54) is 7.11 Å². The summed E-state index contributed by atoms with van der Waals surface area (Å²) in [7, 11) is 2.89. The highest BCUT2D eigenvalue weighted by Crippen LogP contribution is 2.62. The second-order valence-corrected chi connectivity index (χ2v) is 12.4. The molecule has 0 amide bonds. The molecule has 2 aliphatic heterocycles. The van der Waals surface area contributed by atoms with Crippen LogP contribution in [0.2, 0.25) is 0 Å². The van der Waals surface area contributed by atoms with E-state index in [2.05, 4.69) is 29.5 Å². The molecule has 0 aromatic carbocycles. The predicted molar refractivity (Wildman–Crippen MR) is 149 cm³/mol. The number of guanidine groups is 1. The normalized spacial score (nSPS) is 37.7. The Morgan fingerprint density at radius 1 is 1.28 bits per heavy atom. The summed E-state index contributed by atoms with van der Waals surface area (Å²) in [6.07, 6.45) is 7.72. The molecular weight excluding hydrogens is 498 g/mol. The second kappa shape index (κ2) is 11.7. The number of carbonyl (C=O) groups is 3. The quantitative estimate of drug-likeness (QED) is 0.0845. The van der Waals surface area contributed by atoms with Crippen LogP contribution in [0.1, 0.15) is 72.1 Å². The molecular formula is C29H47N5O5. The van der Waals surface area contributed by atoms with E-state index in [0.29, 0.717) is 24.7 Å². The Morgan fingerprint density at radius 2 is 2.03 bits per heavy atom. The van der Waals surface area contributed by atoms with Crippen molar-refractivity contribution in [2.45, 2.75) is 95.5 Å². The summed E-state index contributed by atoms with van der Waals surface area (Å²) in [5.74, 6) is -0.899. The number of piperidine rings is 1. The van der Waals surface area contributed by atoms with Crippen LogP contribution in [0.15, 0.2) is 16.6 Å². The van der Waals surface area contributed by atoms with Gasteiger partial charge in [-0.25, -0.2) is 4.79 Å². The number of nitrogens with two attached hydrogens (primary N) is 2. The lowest BCUT2D eigenvalue weighted by Gasteiger charge is -2.42. The summed E-state index contributed by atoms with van der Waals surface area (Å²) in [6.45, 7) is 7.07. The number of ether oxygens (including phenoxy) is 2. The largest absolute Gasteiger partial charge is 0.466 e. The van der Waals surface area contributed by atoms with Crippen LogP contribution in [0.5, 0.6) is 0 Å². The summed E-state index contributed by atoms with van der Waals surface area (Å²) < 4.78 is 11.1. The monoisotopic (exact) mass is 545 g/mol. The maximum Gasteiger partial charge on any atom is 0.349 e. The molecule has 2 saturated heterocycles. The number of methoxy groups -OCH3 is 1. The van der Waals surface area contributed by atoms with E-state index in [1.54, 1.807) is 7.05 Å². The summed E-state index contributed by atoms with van der Waals surface area (Å²) in [5, 5.41) is 6.61. The molecule has 4 fully saturated rings. The molecule has 218 valence electrons. The van der Waals surface area contributed by atoms with Gasteiger partial charge in [-0.1, -0.05) is 31.9 Å². The number of fused-ring (bicyclic) bond motifs is 2. The maximum absolute atomic E-state index is 14.0. The first-order valence-corrected chi connectivity index (χ1v) is 14.5. The number of epoxide rings is 1. The highest BCUT2D eigenvalue weighted by Gasteiger charge is 2.87. The standard InChI is InChI=1S/C29H47N5O5/c1-16(2)13-19-7-6-8-20-23(19)25(36)29(26(37)38-5)28(39-29,24(20)35)11-9-17(3)14-21(34-27(31)32-4)18-10-12-33-22(30)15-18/h9,16,18-23,33H,6-8,10-15,30H2,1-5H3,(H3,31,32,34). The minimum atomic E-state index is -1.83. The molecule has 4 rings (SSSR count). The third-order valence-corrected chi connectivity index (χ3v) is 9.42. The third-order valence-electron chi connectivity index (χ3n) is 9.42. The van der Waals surface area contributed by atoms with Crippen molar-refractivity contribution in [1.29, 1.82) is 0 Å². The van der Waals surface area contributed by atoms with Crippen molar-refractivity contribution in [2.75, 3.05) is 20.7 Å². The number of Topliss-reactive ketones (excluding diaryl/α,β-unsaturated/α-hetero) is 2. The Bertz CT molecular complexity index is 1030. The fraction of sp³-hybridized carbons (Fsp3) is 0.793. The van der Waals surface area contributed by atoms with Gasteiger partial charge in [0.2, 0.25) is 0 Å². The molecule has 2 aliphatic carbocycles. The number of carbonyl (C=O) groups excluding carboxylic acids is 3. The lowest BCUT2D eigenvalue weighted by molar-refractivity contribution is -0.158. The van der Waals surface area contributed by atoms with Crippen molar-refractivity contribution in [3.63, 3.8) is 0 Å². The Hall–Kier alpha value is -2.30. The van der Waals surface area contributed by atoms with Crippen molar-refractivity contribution in [3.8, 4) is 0 Å². The number of hydrogen-bond acceptors (Lipinski definition) is 8. The van der Waals surface area contributed by atoms with Gasteiger partial charge in [0.15, 0.2) is 23.1 Å². The molecule has 6 N–H and O–H groups in total. The zero-order valence-corrected chi connectivity index (χ0v) is 24.1. The second-order valence-electron chi connectivity index (χ2n) is 12.4. The van der Waals surface area contributed by atoms with Gasteiger partial charge in [0.1, 0.15) is 0 Å². The van der Waals surface area contributed by atoms with Crippen LogP contribution in [-0.2, 0) is 23.9 Å². The van der Waals surface area contributed by atoms with Gasteiger partial charge in [-0.3, -0.25) is 14.6 Å². The van der Waals surface area contributed by atoms with Crippen LogP contribution in [0.25, 0.3) is 0 Å². The molecule has 39 heavy (non-hydrogen) atoms. The number of aliphatic imine (C=N–C) groups is 1. The zero-order chi connectivity index (χ0) is 28.5. The third kappa shape index (κ3) is 5.39. The van der Waals surface area contributed by atoms with Crippen LogP contribution in [0, 0.1) is 29.6 Å². The Balaban J connectivity index is 1.58. The molecule has 0 aromatic rings. The number of esters is 1. The first kappa shape index (κ1) is 29.7. The molecule has 4 aliphatic rings. The van der Waals surface area contributed by atoms with E-state index < -0.39 is 29.0 Å². The average Bonchev–Trinajstić information content (AvgIpc) is 3.61. The summed E-state index contributed by atoms with van der Waals surface area (Å²) in [5.41, 5.74) is 9.89. The van der Waals surface area contributed by atoms with Gasteiger partial charge in [0.05, 0.1) is 13.3 Å². The zero-order valence-electron chi connectivity index (χ0n) is 24.1. The smallest absolute Gasteiger partial charge is 0.349 e. The van der Waals surface area contributed by atoms with Gasteiger partial charge in [-0.15, -0.1) is 0 Å². The predicted octanol–water partition coefficient (Wildman–Crippen LogP) is 1.81. The SMILES string of the molecule is CN=C(N)NC(CC(C)=CCC12OC1(C(=O)OC)C(=O)C1C(CC(C)C)CCCC1C2=O)C1CCNC(N)C1. The number of rotatable bonds is 9. The van der Waals surface area contributed by atoms with Crippen molar-refractivity contribution in [1.82, 2.24) is 10.6 Å². The van der Waals surface area contributed by atoms with Crippen LogP contribution in [0.4, 0.5) is 0 Å². The van der Waals surface area contributed by atoms with Crippen LogP contribution < -0.4 is 22.1 Å². The molecule has 0 aromatic heterocycles. The number of nitrogens with zero attached hydrogens (tertiary/aromatic N) is 1. The van der Waals surface area contributed by atoms with Crippen molar-refractivity contribution in [3.05, 3.63) is 11.6 Å². The van der Waals surface area contributed by atoms with E-state index in [0.717, 1.165) is 44.2 Å². The summed E-state index contributed by atoms with van der Waals surface area (Å²) in [6, 6.07) is 0.00397. The van der Waals surface area contributed by atoms with Gasteiger partial charge in [-0.2, -0.15) is 0 Å². The van der Waals surface area contributed by atoms with Gasteiger partial charge in [0, 0.05) is 31.3 Å². The highest BCUT2D eigenvalue weighted by atomic mass is 16.7. The lowest BCUT2D eigenvalue weighted by Crippen LogP contribution is -2.59. The molecule has 2 heterocycles.